The van der Waals surface area contributed by atoms with E-state index in [1.807, 2.05) is 24.3 Å². The van der Waals surface area contributed by atoms with Crippen LogP contribution in [0, 0.1) is 0 Å². The van der Waals surface area contributed by atoms with E-state index in [1.54, 1.807) is 31.3 Å². The second-order valence-corrected chi connectivity index (χ2v) is 7.11. The Labute approximate surface area is 169 Å². The van der Waals surface area contributed by atoms with Crippen molar-refractivity contribution >= 4 is 11.9 Å². The van der Waals surface area contributed by atoms with Gasteiger partial charge in [-0.15, -0.1) is 0 Å². The molecule has 29 heavy (non-hydrogen) atoms. The van der Waals surface area contributed by atoms with E-state index in [-0.39, 0.29) is 23.5 Å². The van der Waals surface area contributed by atoms with Crippen molar-refractivity contribution in [2.75, 3.05) is 20.2 Å². The zero-order chi connectivity index (χ0) is 20.8. The number of amides is 3. The lowest BCUT2D eigenvalue weighted by atomic mass is 10.0. The van der Waals surface area contributed by atoms with Crippen LogP contribution in [0.25, 0.3) is 0 Å². The van der Waals surface area contributed by atoms with Crippen molar-refractivity contribution in [1.82, 2.24) is 20.1 Å². The second kappa shape index (κ2) is 9.27. The van der Waals surface area contributed by atoms with E-state index in [1.165, 1.54) is 10.6 Å². The number of ether oxygens (including phenoxy) is 1. The van der Waals surface area contributed by atoms with Gasteiger partial charge in [0.15, 0.2) is 0 Å². The van der Waals surface area contributed by atoms with Gasteiger partial charge in [0.2, 0.25) is 5.56 Å². The first-order chi connectivity index (χ1) is 14.0. The molecule has 2 heterocycles. The van der Waals surface area contributed by atoms with Crippen molar-refractivity contribution < 1.29 is 14.3 Å². The minimum atomic E-state index is -0.219. The third-order valence-corrected chi connectivity index (χ3v) is 5.06. The van der Waals surface area contributed by atoms with E-state index >= 15 is 0 Å². The first-order valence-corrected chi connectivity index (χ1v) is 9.59. The van der Waals surface area contributed by atoms with Gasteiger partial charge in [-0.1, -0.05) is 12.1 Å². The van der Waals surface area contributed by atoms with Crippen LogP contribution in [-0.2, 0) is 13.6 Å². The molecule has 0 unspecified atom stereocenters. The summed E-state index contributed by atoms with van der Waals surface area (Å²) in [5, 5.41) is 5.82. The molecule has 1 saturated heterocycles. The second-order valence-electron chi connectivity index (χ2n) is 7.11. The van der Waals surface area contributed by atoms with Gasteiger partial charge < -0.3 is 24.8 Å². The molecule has 8 heteroatoms. The SMILES string of the molecule is COc1ccc(CNC(=O)NC2CCN(C(=O)c3ccc(=O)n(C)c3)CC2)cc1. The highest BCUT2D eigenvalue weighted by molar-refractivity contribution is 5.94. The van der Waals surface area contributed by atoms with Crippen LogP contribution in [0.4, 0.5) is 4.79 Å². The third kappa shape index (κ3) is 5.37. The molecule has 1 aromatic carbocycles. The van der Waals surface area contributed by atoms with Crippen LogP contribution in [0.1, 0.15) is 28.8 Å². The molecule has 0 bridgehead atoms. The van der Waals surface area contributed by atoms with E-state index in [2.05, 4.69) is 10.6 Å². The Morgan fingerprint density at radius 3 is 2.41 bits per heavy atom. The van der Waals surface area contributed by atoms with Crippen LogP contribution in [0.3, 0.4) is 0 Å². The molecule has 154 valence electrons. The predicted molar refractivity (Wildman–Crippen MR) is 109 cm³/mol. The van der Waals surface area contributed by atoms with E-state index < -0.39 is 0 Å². The normalized spacial score (nSPS) is 14.3. The lowest BCUT2D eigenvalue weighted by molar-refractivity contribution is 0.0707. The molecule has 0 saturated carbocycles. The summed E-state index contributed by atoms with van der Waals surface area (Å²) in [6.07, 6.45) is 2.93. The van der Waals surface area contributed by atoms with Crippen molar-refractivity contribution in [1.29, 1.82) is 0 Å². The van der Waals surface area contributed by atoms with Crippen LogP contribution in [0.2, 0.25) is 0 Å². The molecule has 2 aromatic rings. The number of piperidine rings is 1. The fourth-order valence-corrected chi connectivity index (χ4v) is 3.29. The number of likely N-dealkylation sites (tertiary alicyclic amines) is 1. The van der Waals surface area contributed by atoms with Crippen LogP contribution >= 0.6 is 0 Å². The summed E-state index contributed by atoms with van der Waals surface area (Å²) < 4.78 is 6.51. The molecule has 3 rings (SSSR count). The molecule has 1 aromatic heterocycles. The molecule has 0 atom stereocenters. The van der Waals surface area contributed by atoms with Gasteiger partial charge in [-0.25, -0.2) is 4.79 Å². The van der Waals surface area contributed by atoms with Crippen molar-refractivity contribution in [3.8, 4) is 5.75 Å². The summed E-state index contributed by atoms with van der Waals surface area (Å²) in [6, 6.07) is 10.3. The largest absolute Gasteiger partial charge is 0.497 e. The number of nitrogens with one attached hydrogen (secondary N) is 2. The average molecular weight is 398 g/mol. The van der Waals surface area contributed by atoms with Crippen LogP contribution in [0.15, 0.2) is 47.4 Å². The first-order valence-electron chi connectivity index (χ1n) is 9.59. The highest BCUT2D eigenvalue weighted by Gasteiger charge is 2.24. The van der Waals surface area contributed by atoms with Crippen molar-refractivity contribution in [2.24, 2.45) is 7.05 Å². The molecule has 3 amide bonds. The molecule has 0 radical (unpaired) electrons. The molecule has 1 aliphatic heterocycles. The fourth-order valence-electron chi connectivity index (χ4n) is 3.29. The van der Waals surface area contributed by atoms with E-state index in [0.29, 0.717) is 38.0 Å². The number of aromatic nitrogens is 1. The van der Waals surface area contributed by atoms with E-state index in [9.17, 15) is 14.4 Å². The maximum absolute atomic E-state index is 12.6. The monoisotopic (exact) mass is 398 g/mol. The molecular formula is C21H26N4O4. The number of carbonyl (C=O) groups is 2. The summed E-state index contributed by atoms with van der Waals surface area (Å²) in [5.41, 5.74) is 1.33. The molecule has 0 aliphatic carbocycles. The average Bonchev–Trinajstić information content (AvgIpc) is 2.74. The quantitative estimate of drug-likeness (QED) is 0.798. The highest BCUT2D eigenvalue weighted by atomic mass is 16.5. The standard InChI is InChI=1S/C21H26N4O4/c1-24-14-16(5-8-19(24)26)20(27)25-11-9-17(10-12-25)23-21(28)22-13-15-3-6-18(29-2)7-4-15/h3-8,14,17H,9-13H2,1-2H3,(H2,22,23,28). The number of hydrogen-bond donors (Lipinski definition) is 2. The summed E-state index contributed by atoms with van der Waals surface area (Å²) in [6.45, 7) is 1.55. The number of carbonyl (C=O) groups excluding carboxylic acids is 2. The Hall–Kier alpha value is -3.29. The topological polar surface area (TPSA) is 92.7 Å². The minimum absolute atomic E-state index is 0.0232. The van der Waals surface area contributed by atoms with Crippen molar-refractivity contribution in [3.05, 3.63) is 64.1 Å². The zero-order valence-electron chi connectivity index (χ0n) is 16.7. The molecular weight excluding hydrogens is 372 g/mol. The summed E-state index contributed by atoms with van der Waals surface area (Å²) in [4.78, 5) is 38.0. The lowest BCUT2D eigenvalue weighted by Gasteiger charge is -2.32. The van der Waals surface area contributed by atoms with Gasteiger partial charge in [-0.3, -0.25) is 9.59 Å². The summed E-state index contributed by atoms with van der Waals surface area (Å²) in [7, 11) is 3.24. The van der Waals surface area contributed by atoms with Crippen molar-refractivity contribution in [2.45, 2.75) is 25.4 Å². The highest BCUT2D eigenvalue weighted by Crippen LogP contribution is 2.14. The number of aryl methyl sites for hydroxylation is 1. The van der Waals surface area contributed by atoms with Gasteiger partial charge in [0.05, 0.1) is 12.7 Å². The maximum atomic E-state index is 12.6. The predicted octanol–water partition coefficient (Wildman–Crippen LogP) is 1.50. The lowest BCUT2D eigenvalue weighted by Crippen LogP contribution is -2.49. The molecule has 2 N–H and O–H groups in total. The number of benzene rings is 1. The molecule has 1 fully saturated rings. The van der Waals surface area contributed by atoms with Crippen LogP contribution in [0.5, 0.6) is 5.75 Å². The van der Waals surface area contributed by atoms with Crippen molar-refractivity contribution in [3.63, 3.8) is 0 Å². The number of rotatable bonds is 5. The number of pyridine rings is 1. The van der Waals surface area contributed by atoms with Gasteiger partial charge in [-0.05, 0) is 36.6 Å². The Balaban J connectivity index is 1.43. The minimum Gasteiger partial charge on any atom is -0.497 e. The van der Waals surface area contributed by atoms with Crippen LogP contribution < -0.4 is 20.9 Å². The first kappa shape index (κ1) is 20.4. The summed E-state index contributed by atoms with van der Waals surface area (Å²) in [5.74, 6) is 0.681. The van der Waals surface area contributed by atoms with Gasteiger partial charge in [0.25, 0.3) is 5.91 Å². The van der Waals surface area contributed by atoms with E-state index in [4.69, 9.17) is 4.74 Å². The molecule has 0 spiro atoms. The number of hydrogen-bond acceptors (Lipinski definition) is 4. The van der Waals surface area contributed by atoms with Gasteiger partial charge in [-0.2, -0.15) is 0 Å². The Kier molecular flexibility index (Phi) is 6.54. The van der Waals surface area contributed by atoms with Gasteiger partial charge in [0.1, 0.15) is 5.75 Å². The number of nitrogens with zero attached hydrogens (tertiary/aromatic N) is 2. The molecule has 8 nitrogen and oxygen atoms in total. The van der Waals surface area contributed by atoms with Gasteiger partial charge >= 0.3 is 6.03 Å². The third-order valence-electron chi connectivity index (χ3n) is 5.06. The molecule has 1 aliphatic rings. The maximum Gasteiger partial charge on any atom is 0.315 e. The Morgan fingerprint density at radius 2 is 1.79 bits per heavy atom. The van der Waals surface area contributed by atoms with Crippen LogP contribution in [-0.4, -0.2) is 47.6 Å². The summed E-state index contributed by atoms with van der Waals surface area (Å²) >= 11 is 0. The number of methoxy groups -OCH3 is 1. The Morgan fingerprint density at radius 1 is 1.10 bits per heavy atom. The van der Waals surface area contributed by atoms with E-state index in [0.717, 1.165) is 11.3 Å². The smallest absolute Gasteiger partial charge is 0.315 e. The zero-order valence-corrected chi connectivity index (χ0v) is 16.7. The fraction of sp³-hybridized carbons (Fsp3) is 0.381. The Bertz CT molecular complexity index is 915. The van der Waals surface area contributed by atoms with Gasteiger partial charge in [0, 0.05) is 45.0 Å². The number of urea groups is 1.